The first kappa shape index (κ1) is 11.9. The van der Waals surface area contributed by atoms with Gasteiger partial charge in [0, 0.05) is 11.3 Å². The van der Waals surface area contributed by atoms with E-state index in [0.717, 1.165) is 31.2 Å². The standard InChI is InChI=1S/C16H18OS/c17-16(12-14-8-5-11-18-14)10-4-3-7-13-6-1-2-9-15(13)16/h1-2,5-6,8-9,11,17H,3-4,7,10,12H2. The Bertz CT molecular complexity index is 518. The molecule has 1 atom stereocenters. The van der Waals surface area contributed by atoms with Crippen LogP contribution in [0.25, 0.3) is 0 Å². The second-order valence-corrected chi connectivity index (χ2v) is 6.18. The van der Waals surface area contributed by atoms with E-state index in [2.05, 4.69) is 35.7 Å². The lowest BCUT2D eigenvalue weighted by molar-refractivity contribution is 0.0280. The van der Waals surface area contributed by atoms with Crippen LogP contribution in [0.1, 0.15) is 35.3 Å². The molecule has 2 aromatic rings. The third-order valence-corrected chi connectivity index (χ3v) is 4.73. The molecule has 94 valence electrons. The van der Waals surface area contributed by atoms with Crippen molar-refractivity contribution in [2.75, 3.05) is 0 Å². The van der Waals surface area contributed by atoms with Gasteiger partial charge in [-0.3, -0.25) is 0 Å². The van der Waals surface area contributed by atoms with Gasteiger partial charge in [0.05, 0.1) is 5.60 Å². The van der Waals surface area contributed by atoms with Crippen LogP contribution in [0.5, 0.6) is 0 Å². The number of hydrogen-bond acceptors (Lipinski definition) is 2. The second-order valence-electron chi connectivity index (χ2n) is 5.15. The number of aryl methyl sites for hydroxylation is 1. The average molecular weight is 258 g/mol. The smallest absolute Gasteiger partial charge is 0.0947 e. The summed E-state index contributed by atoms with van der Waals surface area (Å²) in [7, 11) is 0. The zero-order valence-corrected chi connectivity index (χ0v) is 11.2. The van der Waals surface area contributed by atoms with Gasteiger partial charge in [0.2, 0.25) is 0 Å². The molecule has 1 aromatic carbocycles. The van der Waals surface area contributed by atoms with Crippen LogP contribution < -0.4 is 0 Å². The molecule has 18 heavy (non-hydrogen) atoms. The molecule has 0 saturated heterocycles. The summed E-state index contributed by atoms with van der Waals surface area (Å²) >= 11 is 1.74. The van der Waals surface area contributed by atoms with E-state index in [1.54, 1.807) is 11.3 Å². The highest BCUT2D eigenvalue weighted by Crippen LogP contribution is 2.37. The van der Waals surface area contributed by atoms with Crippen molar-refractivity contribution < 1.29 is 5.11 Å². The molecule has 2 heteroatoms. The van der Waals surface area contributed by atoms with Crippen LogP contribution in [0, 0.1) is 0 Å². The van der Waals surface area contributed by atoms with Crippen LogP contribution in [0.4, 0.5) is 0 Å². The molecule has 0 bridgehead atoms. The molecule has 1 N–H and O–H groups in total. The summed E-state index contributed by atoms with van der Waals surface area (Å²) in [4.78, 5) is 1.27. The van der Waals surface area contributed by atoms with E-state index in [0.29, 0.717) is 0 Å². The van der Waals surface area contributed by atoms with Crippen molar-refractivity contribution in [3.8, 4) is 0 Å². The summed E-state index contributed by atoms with van der Waals surface area (Å²) in [5.74, 6) is 0. The predicted octanol–water partition coefficient (Wildman–Crippen LogP) is 3.90. The van der Waals surface area contributed by atoms with Gasteiger partial charge < -0.3 is 5.11 Å². The predicted molar refractivity (Wildman–Crippen MR) is 75.9 cm³/mol. The lowest BCUT2D eigenvalue weighted by Gasteiger charge is -2.28. The molecule has 0 amide bonds. The van der Waals surface area contributed by atoms with Gasteiger partial charge in [-0.1, -0.05) is 30.3 Å². The highest BCUT2D eigenvalue weighted by molar-refractivity contribution is 7.09. The molecular weight excluding hydrogens is 240 g/mol. The molecule has 0 radical (unpaired) electrons. The topological polar surface area (TPSA) is 20.2 Å². The highest BCUT2D eigenvalue weighted by Gasteiger charge is 2.33. The quantitative estimate of drug-likeness (QED) is 0.810. The maximum Gasteiger partial charge on any atom is 0.0947 e. The molecule has 1 unspecified atom stereocenters. The average Bonchev–Trinajstić information content (AvgIpc) is 2.82. The normalized spacial score (nSPS) is 23.4. The summed E-state index contributed by atoms with van der Waals surface area (Å²) in [5, 5.41) is 13.2. The molecule has 1 nitrogen and oxygen atoms in total. The minimum Gasteiger partial charge on any atom is -0.385 e. The molecule has 0 spiro atoms. The number of thiophene rings is 1. The molecule has 0 aliphatic heterocycles. The van der Waals surface area contributed by atoms with Gasteiger partial charge in [-0.2, -0.15) is 0 Å². The molecule has 1 aromatic heterocycles. The number of fused-ring (bicyclic) bond motifs is 1. The second kappa shape index (κ2) is 4.87. The Kier molecular flexibility index (Phi) is 3.23. The van der Waals surface area contributed by atoms with E-state index >= 15 is 0 Å². The summed E-state index contributed by atoms with van der Waals surface area (Å²) in [6.07, 6.45) is 5.02. The first-order valence-electron chi connectivity index (χ1n) is 6.61. The van der Waals surface area contributed by atoms with Gasteiger partial charge in [0.1, 0.15) is 0 Å². The Morgan fingerprint density at radius 2 is 2.00 bits per heavy atom. The Morgan fingerprint density at radius 1 is 1.11 bits per heavy atom. The number of hydrogen-bond donors (Lipinski definition) is 1. The Hall–Kier alpha value is -1.12. The number of benzene rings is 1. The minimum atomic E-state index is -0.669. The lowest BCUT2D eigenvalue weighted by atomic mass is 9.85. The fourth-order valence-corrected chi connectivity index (χ4v) is 3.76. The minimum absolute atomic E-state index is 0.669. The van der Waals surface area contributed by atoms with E-state index in [4.69, 9.17) is 0 Å². The fraction of sp³-hybridized carbons (Fsp3) is 0.375. The van der Waals surface area contributed by atoms with Crippen LogP contribution in [-0.2, 0) is 18.4 Å². The summed E-state index contributed by atoms with van der Waals surface area (Å²) in [6.45, 7) is 0. The van der Waals surface area contributed by atoms with Crippen molar-refractivity contribution in [1.82, 2.24) is 0 Å². The maximum absolute atomic E-state index is 11.1. The zero-order valence-electron chi connectivity index (χ0n) is 10.4. The summed E-state index contributed by atoms with van der Waals surface area (Å²) in [6, 6.07) is 12.6. The van der Waals surface area contributed by atoms with E-state index in [9.17, 15) is 5.11 Å². The van der Waals surface area contributed by atoms with E-state index in [1.165, 1.54) is 16.9 Å². The number of aliphatic hydroxyl groups is 1. The Labute approximate surface area is 112 Å². The van der Waals surface area contributed by atoms with Crippen molar-refractivity contribution in [3.05, 3.63) is 57.8 Å². The molecule has 0 saturated carbocycles. The van der Waals surface area contributed by atoms with Crippen molar-refractivity contribution >= 4 is 11.3 Å². The molecule has 3 rings (SSSR count). The third-order valence-electron chi connectivity index (χ3n) is 3.85. The molecule has 1 aliphatic carbocycles. The SMILES string of the molecule is OC1(Cc2cccs2)CCCCc2ccccc21. The fourth-order valence-electron chi connectivity index (χ4n) is 2.94. The molecule has 1 heterocycles. The van der Waals surface area contributed by atoms with Gasteiger partial charge >= 0.3 is 0 Å². The van der Waals surface area contributed by atoms with E-state index in [-0.39, 0.29) is 0 Å². The van der Waals surface area contributed by atoms with Crippen LogP contribution in [0.2, 0.25) is 0 Å². The van der Waals surface area contributed by atoms with Gasteiger partial charge in [-0.05, 0) is 48.3 Å². The first-order chi connectivity index (χ1) is 8.78. The maximum atomic E-state index is 11.1. The van der Waals surface area contributed by atoms with Gasteiger partial charge in [0.25, 0.3) is 0 Å². The van der Waals surface area contributed by atoms with Crippen LogP contribution in [0.15, 0.2) is 41.8 Å². The Morgan fingerprint density at radius 3 is 2.83 bits per heavy atom. The van der Waals surface area contributed by atoms with Crippen LogP contribution in [0.3, 0.4) is 0 Å². The van der Waals surface area contributed by atoms with E-state index < -0.39 is 5.60 Å². The summed E-state index contributed by atoms with van der Waals surface area (Å²) < 4.78 is 0. The van der Waals surface area contributed by atoms with E-state index in [1.807, 2.05) is 6.07 Å². The molecule has 0 fully saturated rings. The van der Waals surface area contributed by atoms with Gasteiger partial charge in [-0.15, -0.1) is 11.3 Å². The highest BCUT2D eigenvalue weighted by atomic mass is 32.1. The van der Waals surface area contributed by atoms with Crippen LogP contribution >= 0.6 is 11.3 Å². The summed E-state index contributed by atoms with van der Waals surface area (Å²) in [5.41, 5.74) is 1.81. The van der Waals surface area contributed by atoms with Crippen molar-refractivity contribution in [2.24, 2.45) is 0 Å². The first-order valence-corrected chi connectivity index (χ1v) is 7.49. The van der Waals surface area contributed by atoms with Gasteiger partial charge in [0.15, 0.2) is 0 Å². The Balaban J connectivity index is 1.99. The third kappa shape index (κ3) is 2.23. The molecule has 1 aliphatic rings. The van der Waals surface area contributed by atoms with Crippen LogP contribution in [-0.4, -0.2) is 5.11 Å². The van der Waals surface area contributed by atoms with Crippen molar-refractivity contribution in [1.29, 1.82) is 0 Å². The zero-order chi connectivity index (χ0) is 12.4. The lowest BCUT2D eigenvalue weighted by Crippen LogP contribution is -2.28. The largest absolute Gasteiger partial charge is 0.385 e. The van der Waals surface area contributed by atoms with Gasteiger partial charge in [-0.25, -0.2) is 0 Å². The molecular formula is C16H18OS. The number of rotatable bonds is 2. The monoisotopic (exact) mass is 258 g/mol. The van der Waals surface area contributed by atoms with Crippen molar-refractivity contribution in [3.63, 3.8) is 0 Å². The van der Waals surface area contributed by atoms with Crippen molar-refractivity contribution in [2.45, 2.75) is 37.7 Å².